The van der Waals surface area contributed by atoms with Crippen molar-refractivity contribution in [2.24, 2.45) is 4.99 Å². The molecular formula is C18H30N2O2SSi. The molecule has 24 heavy (non-hydrogen) atoms. The van der Waals surface area contributed by atoms with Crippen molar-refractivity contribution in [3.8, 4) is 0 Å². The van der Waals surface area contributed by atoms with E-state index in [1.807, 2.05) is 18.2 Å². The van der Waals surface area contributed by atoms with E-state index in [1.165, 1.54) is 5.56 Å². The Kier molecular flexibility index (Phi) is 6.17. The zero-order valence-corrected chi connectivity index (χ0v) is 17.4. The molecule has 0 saturated carbocycles. The van der Waals surface area contributed by atoms with Crippen molar-refractivity contribution < 1.29 is 9.53 Å². The quantitative estimate of drug-likeness (QED) is 0.792. The van der Waals surface area contributed by atoms with E-state index >= 15 is 0 Å². The maximum atomic E-state index is 10.5. The summed E-state index contributed by atoms with van der Waals surface area (Å²) in [5.41, 5.74) is 1.24. The van der Waals surface area contributed by atoms with Gasteiger partial charge in [0.25, 0.3) is 0 Å². The van der Waals surface area contributed by atoms with Gasteiger partial charge in [0, 0.05) is 5.75 Å². The Hall–Kier alpha value is -0.823. The molecule has 0 aliphatic carbocycles. The zero-order chi connectivity index (χ0) is 18.0. The first kappa shape index (κ1) is 19.5. The molecule has 0 bridgehead atoms. The van der Waals surface area contributed by atoms with E-state index in [-0.39, 0.29) is 17.2 Å². The third kappa shape index (κ3) is 4.85. The number of nitrogens with one attached hydrogen (secondary N) is 1. The molecule has 4 nitrogen and oxygen atoms in total. The van der Waals surface area contributed by atoms with Crippen LogP contribution >= 0.6 is 11.8 Å². The fourth-order valence-corrected chi connectivity index (χ4v) is 4.56. The number of nitrogens with zero attached hydrogens (tertiary/aromatic N) is 1. The first-order chi connectivity index (χ1) is 11.1. The summed E-state index contributed by atoms with van der Waals surface area (Å²) >= 11 is 1.62. The van der Waals surface area contributed by atoms with Gasteiger partial charge in [0.2, 0.25) is 0 Å². The molecule has 2 N–H and O–H groups in total. The second-order valence-corrected chi connectivity index (χ2v) is 13.6. The summed E-state index contributed by atoms with van der Waals surface area (Å²) in [4.78, 5) is 4.42. The number of aliphatic hydroxyl groups is 1. The monoisotopic (exact) mass is 366 g/mol. The van der Waals surface area contributed by atoms with Gasteiger partial charge in [-0.25, -0.2) is 4.99 Å². The first-order valence-electron chi connectivity index (χ1n) is 8.47. The largest absolute Gasteiger partial charge is 0.407 e. The molecule has 3 atom stereocenters. The molecule has 6 heteroatoms. The number of rotatable bonds is 4. The Morgan fingerprint density at radius 3 is 2.42 bits per heavy atom. The maximum absolute atomic E-state index is 10.5. The normalized spacial score (nSPS) is 25.1. The van der Waals surface area contributed by atoms with Crippen molar-refractivity contribution in [2.45, 2.75) is 70.0 Å². The Morgan fingerprint density at radius 2 is 1.88 bits per heavy atom. The van der Waals surface area contributed by atoms with E-state index in [2.05, 4.69) is 63.2 Å². The third-order valence-electron chi connectivity index (χ3n) is 4.84. The number of benzene rings is 1. The lowest BCUT2D eigenvalue weighted by Crippen LogP contribution is -2.57. The minimum atomic E-state index is -1.95. The molecule has 0 aromatic heterocycles. The number of hydrogen-bond acceptors (Lipinski definition) is 5. The standard InChI is InChI=1S/C18H30N2O2SSi/c1-13-15(22-24(5,6)18(2,3)4)16(21)20-17(19-13)23-12-14-10-8-7-9-11-14/h7-11,13,15-16,21H,12H2,1-6H3,(H,19,20)/t13-,15+,16-/m1/s1. The molecule has 0 unspecified atom stereocenters. The van der Waals surface area contributed by atoms with Crippen LogP contribution in [0.15, 0.2) is 35.3 Å². The smallest absolute Gasteiger partial charge is 0.192 e. The third-order valence-corrected chi connectivity index (χ3v) is 10.3. The van der Waals surface area contributed by atoms with Crippen molar-refractivity contribution >= 4 is 25.2 Å². The lowest BCUT2D eigenvalue weighted by atomic mass is 10.1. The molecule has 0 amide bonds. The van der Waals surface area contributed by atoms with Crippen LogP contribution in [-0.4, -0.2) is 37.0 Å². The highest BCUT2D eigenvalue weighted by Crippen LogP contribution is 2.38. The van der Waals surface area contributed by atoms with Crippen molar-refractivity contribution in [1.82, 2.24) is 5.32 Å². The molecule has 1 aromatic rings. The van der Waals surface area contributed by atoms with Crippen LogP contribution in [-0.2, 0) is 10.2 Å². The number of amidine groups is 1. The Morgan fingerprint density at radius 1 is 1.25 bits per heavy atom. The van der Waals surface area contributed by atoms with Gasteiger partial charge in [-0.15, -0.1) is 0 Å². The minimum absolute atomic E-state index is 0.0323. The van der Waals surface area contributed by atoms with Crippen LogP contribution < -0.4 is 5.32 Å². The molecule has 0 radical (unpaired) electrons. The van der Waals surface area contributed by atoms with Crippen LogP contribution in [0.25, 0.3) is 0 Å². The summed E-state index contributed by atoms with van der Waals surface area (Å²) in [5, 5.41) is 14.8. The summed E-state index contributed by atoms with van der Waals surface area (Å²) in [5.74, 6) is 0.833. The number of hydrogen-bond donors (Lipinski definition) is 2. The van der Waals surface area contributed by atoms with Crippen LogP contribution in [0, 0.1) is 0 Å². The molecule has 2 rings (SSSR count). The lowest BCUT2D eigenvalue weighted by Gasteiger charge is -2.43. The molecule has 0 fully saturated rings. The molecule has 1 aliphatic rings. The van der Waals surface area contributed by atoms with Crippen molar-refractivity contribution in [1.29, 1.82) is 0 Å². The van der Waals surface area contributed by atoms with Gasteiger partial charge in [-0.3, -0.25) is 0 Å². The van der Waals surface area contributed by atoms with Crippen LogP contribution in [0.1, 0.15) is 33.3 Å². The number of thioether (sulfide) groups is 1. The van der Waals surface area contributed by atoms with Crippen LogP contribution in [0.5, 0.6) is 0 Å². The van der Waals surface area contributed by atoms with E-state index in [0.717, 1.165) is 10.9 Å². The zero-order valence-electron chi connectivity index (χ0n) is 15.5. The van der Waals surface area contributed by atoms with Gasteiger partial charge >= 0.3 is 0 Å². The molecule has 0 spiro atoms. The fourth-order valence-electron chi connectivity index (χ4n) is 2.25. The van der Waals surface area contributed by atoms with E-state index in [0.29, 0.717) is 0 Å². The van der Waals surface area contributed by atoms with Gasteiger partial charge in [0.1, 0.15) is 6.10 Å². The van der Waals surface area contributed by atoms with E-state index in [9.17, 15) is 5.11 Å². The SMILES string of the molecule is C[C@H]1NC(SCc2ccccc2)=N[C@H](O)[C@H]1O[Si](C)(C)C(C)(C)C. The maximum Gasteiger partial charge on any atom is 0.192 e. The van der Waals surface area contributed by atoms with Crippen molar-refractivity contribution in [3.05, 3.63) is 35.9 Å². The van der Waals surface area contributed by atoms with Crippen molar-refractivity contribution in [2.75, 3.05) is 0 Å². The van der Waals surface area contributed by atoms with Gasteiger partial charge in [-0.1, -0.05) is 62.9 Å². The predicted octanol–water partition coefficient (Wildman–Crippen LogP) is 3.98. The Balaban J connectivity index is 2.00. The molecule has 0 saturated heterocycles. The summed E-state index contributed by atoms with van der Waals surface area (Å²) in [6.45, 7) is 13.1. The Labute approximate surface area is 151 Å². The van der Waals surface area contributed by atoms with E-state index in [4.69, 9.17) is 4.43 Å². The second-order valence-electron chi connectivity index (χ2n) is 7.90. The highest BCUT2D eigenvalue weighted by atomic mass is 32.2. The van der Waals surface area contributed by atoms with Crippen LogP contribution in [0.2, 0.25) is 18.1 Å². The summed E-state index contributed by atoms with van der Waals surface area (Å²) in [6.07, 6.45) is -1.11. The lowest BCUT2D eigenvalue weighted by molar-refractivity contribution is 0.0113. The predicted molar refractivity (Wildman–Crippen MR) is 106 cm³/mol. The van der Waals surface area contributed by atoms with E-state index < -0.39 is 14.5 Å². The Bertz CT molecular complexity index is 572. The molecule has 1 aromatic carbocycles. The van der Waals surface area contributed by atoms with Crippen LogP contribution in [0.3, 0.4) is 0 Å². The average Bonchev–Trinajstić information content (AvgIpc) is 2.49. The highest BCUT2D eigenvalue weighted by Gasteiger charge is 2.43. The van der Waals surface area contributed by atoms with Gasteiger partial charge in [0.15, 0.2) is 19.7 Å². The second kappa shape index (κ2) is 7.60. The van der Waals surface area contributed by atoms with E-state index in [1.54, 1.807) is 11.8 Å². The average molecular weight is 367 g/mol. The van der Waals surface area contributed by atoms with Crippen LogP contribution in [0.4, 0.5) is 0 Å². The highest BCUT2D eigenvalue weighted by molar-refractivity contribution is 8.13. The summed E-state index contributed by atoms with van der Waals surface area (Å²) < 4.78 is 6.39. The molecule has 1 heterocycles. The minimum Gasteiger partial charge on any atom is -0.407 e. The van der Waals surface area contributed by atoms with Gasteiger partial charge in [-0.05, 0) is 30.6 Å². The van der Waals surface area contributed by atoms with Gasteiger partial charge in [0.05, 0.1) is 6.04 Å². The topological polar surface area (TPSA) is 53.9 Å². The first-order valence-corrected chi connectivity index (χ1v) is 12.4. The number of aliphatic hydroxyl groups excluding tert-OH is 1. The molecule has 1 aliphatic heterocycles. The molecule has 134 valence electrons. The van der Waals surface area contributed by atoms with Gasteiger partial charge in [-0.2, -0.15) is 0 Å². The van der Waals surface area contributed by atoms with Crippen molar-refractivity contribution in [3.63, 3.8) is 0 Å². The fraction of sp³-hybridized carbons (Fsp3) is 0.611. The molecular weight excluding hydrogens is 336 g/mol. The summed E-state index contributed by atoms with van der Waals surface area (Å²) in [6, 6.07) is 10.3. The number of aliphatic imine (C=N–C) groups is 1. The summed E-state index contributed by atoms with van der Waals surface area (Å²) in [7, 11) is -1.95. The van der Waals surface area contributed by atoms with Gasteiger partial charge < -0.3 is 14.8 Å².